The molecular weight excluding hydrogens is 344 g/mol. The third kappa shape index (κ3) is 5.60. The molecule has 0 fully saturated rings. The van der Waals surface area contributed by atoms with E-state index in [1.807, 2.05) is 82.3 Å². The van der Waals surface area contributed by atoms with Crippen molar-refractivity contribution >= 4 is 34.0 Å². The lowest BCUT2D eigenvalue weighted by Gasteiger charge is -2.05. The van der Waals surface area contributed by atoms with Gasteiger partial charge in [-0.1, -0.05) is 81.9 Å². The van der Waals surface area contributed by atoms with E-state index < -0.39 is 0 Å². The van der Waals surface area contributed by atoms with Crippen LogP contribution >= 0.6 is 11.8 Å². The molecule has 0 N–H and O–H groups in total. The molecule has 0 atom stereocenters. The van der Waals surface area contributed by atoms with Crippen LogP contribution in [0.3, 0.4) is 0 Å². The van der Waals surface area contributed by atoms with Crippen molar-refractivity contribution in [2.24, 2.45) is 0 Å². The van der Waals surface area contributed by atoms with Gasteiger partial charge >= 0.3 is 5.97 Å². The minimum atomic E-state index is -0.289. The average molecular weight is 371 g/mol. The smallest absolute Gasteiger partial charge is 0.339 e. The van der Waals surface area contributed by atoms with Gasteiger partial charge in [-0.2, -0.15) is 0 Å². The highest BCUT2D eigenvalue weighted by Gasteiger charge is 2.26. The predicted octanol–water partition coefficient (Wildman–Crippen LogP) is 5.85. The van der Waals surface area contributed by atoms with E-state index in [0.29, 0.717) is 5.57 Å². The maximum atomic E-state index is 12.0. The first-order chi connectivity index (χ1) is 12.6. The molecule has 0 radical (unpaired) electrons. The Bertz CT molecular complexity index is 747. The summed E-state index contributed by atoms with van der Waals surface area (Å²) in [6.07, 6.45) is 0. The number of carbonyl (C=O) groups is 2. The fraction of sp³-hybridized carbons (Fsp3) is 0.273. The Morgan fingerprint density at radius 1 is 0.885 bits per heavy atom. The molecule has 2 aromatic rings. The van der Waals surface area contributed by atoms with Crippen molar-refractivity contribution in [3.05, 3.63) is 65.7 Å². The molecule has 138 valence electrons. The van der Waals surface area contributed by atoms with Gasteiger partial charge in [-0.3, -0.25) is 4.79 Å². The number of hydrogen-bond donors (Lipinski definition) is 0. The molecule has 0 spiro atoms. The van der Waals surface area contributed by atoms with Gasteiger partial charge in [0, 0.05) is 17.4 Å². The number of hydrogen-bond acceptors (Lipinski definition) is 4. The molecule has 0 saturated carbocycles. The summed E-state index contributed by atoms with van der Waals surface area (Å²) < 4.78 is 5.21. The van der Waals surface area contributed by atoms with Crippen molar-refractivity contribution < 1.29 is 14.3 Å². The van der Waals surface area contributed by atoms with Crippen molar-refractivity contribution in [1.29, 1.82) is 0 Å². The van der Waals surface area contributed by atoms with E-state index in [4.69, 9.17) is 4.74 Å². The molecule has 0 saturated heterocycles. The highest BCUT2D eigenvalue weighted by Crippen LogP contribution is 2.33. The van der Waals surface area contributed by atoms with Gasteiger partial charge in [0.2, 0.25) is 0 Å². The van der Waals surface area contributed by atoms with Crippen molar-refractivity contribution in [3.63, 3.8) is 0 Å². The molecule has 3 nitrogen and oxygen atoms in total. The molecule has 3 rings (SSSR count). The minimum Gasteiger partial charge on any atom is -0.457 e. The van der Waals surface area contributed by atoms with E-state index in [1.54, 1.807) is 0 Å². The Morgan fingerprint density at radius 3 is 2.00 bits per heavy atom. The second kappa shape index (κ2) is 11.3. The fourth-order valence-corrected chi connectivity index (χ4v) is 3.02. The Balaban J connectivity index is 0.000000791. The topological polar surface area (TPSA) is 43.4 Å². The Morgan fingerprint density at radius 2 is 1.46 bits per heavy atom. The number of cyclic esters (lactones) is 1. The summed E-state index contributed by atoms with van der Waals surface area (Å²) in [5.41, 5.74) is 3.31. The van der Waals surface area contributed by atoms with Crippen molar-refractivity contribution in [2.45, 2.75) is 39.5 Å². The lowest BCUT2D eigenvalue weighted by Crippen LogP contribution is -1.98. The van der Waals surface area contributed by atoms with E-state index in [9.17, 15) is 9.59 Å². The monoisotopic (exact) mass is 370 g/mol. The first-order valence-electron chi connectivity index (χ1n) is 8.89. The molecule has 1 aliphatic rings. The van der Waals surface area contributed by atoms with Crippen molar-refractivity contribution in [3.8, 4) is 0 Å². The van der Waals surface area contributed by atoms with Gasteiger partial charge < -0.3 is 4.74 Å². The number of benzene rings is 2. The second-order valence-electron chi connectivity index (χ2n) is 4.91. The van der Waals surface area contributed by atoms with E-state index >= 15 is 0 Å². The fourth-order valence-electron chi connectivity index (χ4n) is 2.42. The third-order valence-electron chi connectivity index (χ3n) is 3.38. The molecule has 4 heteroatoms. The van der Waals surface area contributed by atoms with E-state index in [0.717, 1.165) is 21.6 Å². The lowest BCUT2D eigenvalue weighted by atomic mass is 9.97. The van der Waals surface area contributed by atoms with E-state index in [-0.39, 0.29) is 17.7 Å². The molecule has 1 aliphatic heterocycles. The zero-order valence-corrected chi connectivity index (χ0v) is 16.9. The van der Waals surface area contributed by atoms with E-state index in [2.05, 4.69) is 0 Å². The first-order valence-corrected chi connectivity index (χ1v) is 9.71. The van der Waals surface area contributed by atoms with Crippen LogP contribution in [0.1, 0.15) is 45.7 Å². The van der Waals surface area contributed by atoms with Crippen molar-refractivity contribution in [2.75, 3.05) is 6.61 Å². The van der Waals surface area contributed by atoms with Crippen LogP contribution in [0, 0.1) is 0 Å². The van der Waals surface area contributed by atoms with Gasteiger partial charge in [-0.05, 0) is 23.3 Å². The maximum Gasteiger partial charge on any atom is 0.339 e. The molecule has 26 heavy (non-hydrogen) atoms. The standard InChI is InChI=1S/C18H14O3S.2C2H6/c1-12(19)22-15-9-7-13(8-10-15)16-11-21-18(20)17(16)14-5-3-2-4-6-14;2*1-2/h2-10H,11H2,1H3;2*1-2H3. The van der Waals surface area contributed by atoms with Gasteiger partial charge in [0.1, 0.15) is 6.61 Å². The number of esters is 1. The molecule has 0 aromatic heterocycles. The van der Waals surface area contributed by atoms with Gasteiger partial charge in [-0.15, -0.1) is 0 Å². The number of thioether (sulfide) groups is 1. The molecule has 0 bridgehead atoms. The largest absolute Gasteiger partial charge is 0.457 e. The van der Waals surface area contributed by atoms with Crippen LogP contribution < -0.4 is 0 Å². The van der Waals surface area contributed by atoms with Crippen LogP contribution in [0.5, 0.6) is 0 Å². The summed E-state index contributed by atoms with van der Waals surface area (Å²) in [6, 6.07) is 17.1. The van der Waals surface area contributed by atoms with Crippen LogP contribution in [0.2, 0.25) is 0 Å². The molecular formula is C22H26O3S. The highest BCUT2D eigenvalue weighted by molar-refractivity contribution is 8.13. The molecule has 1 heterocycles. The third-order valence-corrected chi connectivity index (χ3v) is 4.18. The van der Waals surface area contributed by atoms with Crippen molar-refractivity contribution in [1.82, 2.24) is 0 Å². The normalized spacial score (nSPS) is 12.4. The van der Waals surface area contributed by atoms with Gasteiger partial charge in [0.15, 0.2) is 5.12 Å². The van der Waals surface area contributed by atoms with E-state index in [1.165, 1.54) is 18.7 Å². The second-order valence-corrected chi connectivity index (χ2v) is 6.16. The summed E-state index contributed by atoms with van der Waals surface area (Å²) in [7, 11) is 0. The van der Waals surface area contributed by atoms with Crippen LogP contribution in [0.15, 0.2) is 59.5 Å². The Hall–Kier alpha value is -2.33. The lowest BCUT2D eigenvalue weighted by molar-refractivity contribution is -0.133. The van der Waals surface area contributed by atoms with Gasteiger partial charge in [-0.25, -0.2) is 4.79 Å². The summed E-state index contributed by atoms with van der Waals surface area (Å²) in [5.74, 6) is -0.289. The van der Waals surface area contributed by atoms with Crippen LogP contribution in [0.4, 0.5) is 0 Å². The number of ether oxygens (including phenoxy) is 1. The zero-order chi connectivity index (χ0) is 19.5. The molecule has 0 amide bonds. The first kappa shape index (κ1) is 21.7. The molecule has 0 aliphatic carbocycles. The van der Waals surface area contributed by atoms with Gasteiger partial charge in [0.05, 0.1) is 5.57 Å². The number of rotatable bonds is 3. The molecule has 2 aromatic carbocycles. The maximum absolute atomic E-state index is 12.0. The Kier molecular flexibility index (Phi) is 9.45. The predicted molar refractivity (Wildman–Crippen MR) is 110 cm³/mol. The average Bonchev–Trinajstić information content (AvgIpc) is 3.07. The zero-order valence-electron chi connectivity index (χ0n) is 16.0. The quantitative estimate of drug-likeness (QED) is 0.502. The summed E-state index contributed by atoms with van der Waals surface area (Å²) in [4.78, 5) is 24.1. The minimum absolute atomic E-state index is 0.0521. The van der Waals surface area contributed by atoms with Crippen LogP contribution in [-0.2, 0) is 14.3 Å². The van der Waals surface area contributed by atoms with Gasteiger partial charge in [0.25, 0.3) is 0 Å². The SMILES string of the molecule is CC.CC.CC(=O)Sc1ccc(C2=C(c3ccccc3)C(=O)OC2)cc1. The Labute approximate surface area is 160 Å². The van der Waals surface area contributed by atoms with Crippen LogP contribution in [-0.4, -0.2) is 17.7 Å². The summed E-state index contributed by atoms with van der Waals surface area (Å²) >= 11 is 1.19. The van der Waals surface area contributed by atoms with Crippen LogP contribution in [0.25, 0.3) is 11.1 Å². The molecule has 0 unspecified atom stereocenters. The highest BCUT2D eigenvalue weighted by atomic mass is 32.2. The summed E-state index contributed by atoms with van der Waals surface area (Å²) in [5, 5.41) is 0.0521. The summed E-state index contributed by atoms with van der Waals surface area (Å²) in [6.45, 7) is 9.82. The number of carbonyl (C=O) groups excluding carboxylic acids is 2.